The summed E-state index contributed by atoms with van der Waals surface area (Å²) in [6.07, 6.45) is 2.52. The number of carbonyl (C=O) groups excluding carboxylic acids is 2. The molecule has 1 saturated heterocycles. The van der Waals surface area contributed by atoms with Crippen molar-refractivity contribution in [2.75, 3.05) is 19.8 Å². The number of rotatable bonds is 2. The minimum absolute atomic E-state index is 0.00357. The Bertz CT molecular complexity index is 469. The fraction of sp³-hybridized carbons (Fsp3) is 0.875. The van der Waals surface area contributed by atoms with E-state index in [1.54, 1.807) is 6.92 Å². The molecule has 1 N–H and O–H groups in total. The van der Waals surface area contributed by atoms with Gasteiger partial charge in [-0.05, 0) is 26.2 Å². The number of hydrogen-bond donors (Lipinski definition) is 1. The summed E-state index contributed by atoms with van der Waals surface area (Å²) >= 11 is 0. The second-order valence-corrected chi connectivity index (χ2v) is 6.69. The number of Topliss-reactive ketones (excluding diaryl/α,β-unsaturated/α-hetero) is 1. The van der Waals surface area contributed by atoms with E-state index in [0.29, 0.717) is 32.5 Å². The van der Waals surface area contributed by atoms with Gasteiger partial charge in [0.2, 0.25) is 0 Å². The summed E-state index contributed by atoms with van der Waals surface area (Å²) in [5.74, 6) is -1.25. The molecule has 0 unspecified atom stereocenters. The third kappa shape index (κ3) is 2.37. The van der Waals surface area contributed by atoms with Crippen LogP contribution in [0.15, 0.2) is 0 Å². The van der Waals surface area contributed by atoms with Crippen LogP contribution in [-0.2, 0) is 23.8 Å². The van der Waals surface area contributed by atoms with Gasteiger partial charge in [0.1, 0.15) is 11.2 Å². The SMILES string of the molecule is CCOC(=O)[C@@]12CCC(=O)C[C@@]1(O)CCC1(C2)OCCCO1. The van der Waals surface area contributed by atoms with Gasteiger partial charge in [-0.25, -0.2) is 0 Å². The van der Waals surface area contributed by atoms with Crippen LogP contribution in [0.5, 0.6) is 0 Å². The first-order valence-electron chi connectivity index (χ1n) is 8.15. The maximum Gasteiger partial charge on any atom is 0.315 e. The molecule has 3 aliphatic rings. The first-order chi connectivity index (χ1) is 10.5. The molecule has 6 heteroatoms. The minimum Gasteiger partial charge on any atom is -0.465 e. The highest BCUT2D eigenvalue weighted by Crippen LogP contribution is 2.57. The number of fused-ring (bicyclic) bond motifs is 1. The average Bonchev–Trinajstić information content (AvgIpc) is 2.49. The van der Waals surface area contributed by atoms with Gasteiger partial charge in [-0.2, -0.15) is 0 Å². The molecule has 0 radical (unpaired) electrons. The van der Waals surface area contributed by atoms with Gasteiger partial charge in [-0.15, -0.1) is 0 Å². The number of aliphatic hydroxyl groups is 1. The molecule has 0 bridgehead atoms. The maximum atomic E-state index is 12.7. The van der Waals surface area contributed by atoms with Crippen LogP contribution in [0.2, 0.25) is 0 Å². The lowest BCUT2D eigenvalue weighted by Gasteiger charge is -2.56. The third-order valence-corrected chi connectivity index (χ3v) is 5.39. The Morgan fingerprint density at radius 2 is 2.00 bits per heavy atom. The van der Waals surface area contributed by atoms with Crippen LogP contribution in [0.3, 0.4) is 0 Å². The summed E-state index contributed by atoms with van der Waals surface area (Å²) in [7, 11) is 0. The predicted molar refractivity (Wildman–Crippen MR) is 76.0 cm³/mol. The van der Waals surface area contributed by atoms with Crippen molar-refractivity contribution in [1.82, 2.24) is 0 Å². The van der Waals surface area contributed by atoms with Crippen LogP contribution in [0.1, 0.15) is 51.9 Å². The summed E-state index contributed by atoms with van der Waals surface area (Å²) in [6, 6.07) is 0. The summed E-state index contributed by atoms with van der Waals surface area (Å²) in [5.41, 5.74) is -2.45. The molecule has 2 aliphatic carbocycles. The van der Waals surface area contributed by atoms with Crippen LogP contribution >= 0.6 is 0 Å². The topological polar surface area (TPSA) is 82.1 Å². The molecule has 3 rings (SSSR count). The molecular formula is C16H24O6. The predicted octanol–water partition coefficient (Wildman–Crippen LogP) is 1.34. The lowest BCUT2D eigenvalue weighted by Crippen LogP contribution is -2.65. The second-order valence-electron chi connectivity index (χ2n) is 6.69. The average molecular weight is 312 g/mol. The van der Waals surface area contributed by atoms with Gasteiger partial charge in [-0.1, -0.05) is 0 Å². The van der Waals surface area contributed by atoms with Crippen LogP contribution in [0.25, 0.3) is 0 Å². The van der Waals surface area contributed by atoms with Crippen LogP contribution in [0.4, 0.5) is 0 Å². The van der Waals surface area contributed by atoms with E-state index in [0.717, 1.165) is 6.42 Å². The molecule has 1 aliphatic heterocycles. The Balaban J connectivity index is 1.95. The van der Waals surface area contributed by atoms with Crippen LogP contribution < -0.4 is 0 Å². The summed E-state index contributed by atoms with van der Waals surface area (Å²) in [5, 5.41) is 11.1. The highest BCUT2D eigenvalue weighted by Gasteiger charge is 2.66. The Morgan fingerprint density at radius 1 is 1.27 bits per heavy atom. The molecule has 3 fully saturated rings. The van der Waals surface area contributed by atoms with E-state index >= 15 is 0 Å². The molecule has 2 saturated carbocycles. The lowest BCUT2D eigenvalue weighted by molar-refractivity contribution is -0.319. The number of ether oxygens (including phenoxy) is 3. The van der Waals surface area contributed by atoms with E-state index in [9.17, 15) is 14.7 Å². The number of carbonyl (C=O) groups is 2. The van der Waals surface area contributed by atoms with Crippen LogP contribution in [-0.4, -0.2) is 48.1 Å². The monoisotopic (exact) mass is 312 g/mol. The van der Waals surface area contributed by atoms with Gasteiger partial charge in [-0.3, -0.25) is 9.59 Å². The van der Waals surface area contributed by atoms with E-state index in [4.69, 9.17) is 14.2 Å². The quantitative estimate of drug-likeness (QED) is 0.775. The van der Waals surface area contributed by atoms with Gasteiger partial charge in [0.05, 0.1) is 25.4 Å². The van der Waals surface area contributed by atoms with Gasteiger partial charge < -0.3 is 19.3 Å². The smallest absolute Gasteiger partial charge is 0.315 e. The molecule has 124 valence electrons. The Labute approximate surface area is 130 Å². The molecule has 2 atom stereocenters. The number of esters is 1. The van der Waals surface area contributed by atoms with Crippen molar-refractivity contribution in [1.29, 1.82) is 0 Å². The van der Waals surface area contributed by atoms with E-state index in [1.807, 2.05) is 0 Å². The van der Waals surface area contributed by atoms with Crippen molar-refractivity contribution in [2.45, 2.75) is 63.3 Å². The van der Waals surface area contributed by atoms with E-state index in [-0.39, 0.29) is 31.7 Å². The standard InChI is InChI=1S/C16H24O6/c1-2-20-13(18)14-5-4-12(17)10-15(14,19)6-7-16(11-14)21-8-3-9-22-16/h19H,2-11H2,1H3/t14-,15-/m0/s1. The van der Waals surface area contributed by atoms with Gasteiger partial charge in [0.15, 0.2) is 5.79 Å². The molecule has 0 amide bonds. The van der Waals surface area contributed by atoms with Crippen molar-refractivity contribution in [2.24, 2.45) is 5.41 Å². The highest BCUT2D eigenvalue weighted by atomic mass is 16.7. The van der Waals surface area contributed by atoms with Gasteiger partial charge in [0.25, 0.3) is 0 Å². The molecule has 1 spiro atoms. The number of ketones is 1. The van der Waals surface area contributed by atoms with E-state index < -0.39 is 22.8 Å². The Morgan fingerprint density at radius 3 is 2.68 bits per heavy atom. The Hall–Kier alpha value is -0.980. The summed E-state index contributed by atoms with van der Waals surface area (Å²) in [6.45, 7) is 3.18. The zero-order valence-corrected chi connectivity index (χ0v) is 13.1. The van der Waals surface area contributed by atoms with E-state index in [1.165, 1.54) is 0 Å². The van der Waals surface area contributed by atoms with E-state index in [2.05, 4.69) is 0 Å². The largest absolute Gasteiger partial charge is 0.465 e. The molecule has 0 aromatic carbocycles. The van der Waals surface area contributed by atoms with Gasteiger partial charge >= 0.3 is 5.97 Å². The second kappa shape index (κ2) is 5.58. The lowest BCUT2D eigenvalue weighted by atomic mass is 9.54. The van der Waals surface area contributed by atoms with Gasteiger partial charge in [0, 0.05) is 25.7 Å². The maximum absolute atomic E-state index is 12.7. The molecule has 6 nitrogen and oxygen atoms in total. The third-order valence-electron chi connectivity index (χ3n) is 5.39. The summed E-state index contributed by atoms with van der Waals surface area (Å²) < 4.78 is 17.0. The minimum atomic E-state index is -1.34. The van der Waals surface area contributed by atoms with Crippen molar-refractivity contribution < 1.29 is 28.9 Å². The van der Waals surface area contributed by atoms with Crippen molar-refractivity contribution in [3.8, 4) is 0 Å². The van der Waals surface area contributed by atoms with Crippen molar-refractivity contribution in [3.63, 3.8) is 0 Å². The zero-order valence-electron chi connectivity index (χ0n) is 13.1. The fourth-order valence-corrected chi connectivity index (χ4v) is 4.19. The van der Waals surface area contributed by atoms with Crippen LogP contribution in [0, 0.1) is 5.41 Å². The summed E-state index contributed by atoms with van der Waals surface area (Å²) in [4.78, 5) is 24.5. The molecule has 0 aromatic heterocycles. The molecule has 22 heavy (non-hydrogen) atoms. The first kappa shape index (κ1) is 15.9. The van der Waals surface area contributed by atoms with Crippen molar-refractivity contribution in [3.05, 3.63) is 0 Å². The molecular weight excluding hydrogens is 288 g/mol. The highest BCUT2D eigenvalue weighted by molar-refractivity contribution is 5.87. The molecule has 0 aromatic rings. The number of hydrogen-bond acceptors (Lipinski definition) is 6. The first-order valence-corrected chi connectivity index (χ1v) is 8.15. The molecule has 1 heterocycles. The fourth-order valence-electron chi connectivity index (χ4n) is 4.19. The van der Waals surface area contributed by atoms with Crippen molar-refractivity contribution >= 4 is 11.8 Å². The normalized spacial score (nSPS) is 37.6. The Kier molecular flexibility index (Phi) is 4.03. The zero-order chi connectivity index (χ0) is 15.8.